The Labute approximate surface area is 118 Å². The third-order valence-corrected chi connectivity index (χ3v) is 4.29. The summed E-state index contributed by atoms with van der Waals surface area (Å²) in [7, 11) is 0. The Morgan fingerprint density at radius 2 is 2.05 bits per heavy atom. The summed E-state index contributed by atoms with van der Waals surface area (Å²) >= 11 is 0. The fourth-order valence-electron chi connectivity index (χ4n) is 3.05. The molecule has 1 heterocycles. The van der Waals surface area contributed by atoms with Gasteiger partial charge in [0.05, 0.1) is 0 Å². The maximum absolute atomic E-state index is 12.2. The molecule has 1 saturated carbocycles. The lowest BCUT2D eigenvalue weighted by Gasteiger charge is -2.32. The van der Waals surface area contributed by atoms with Gasteiger partial charge < -0.3 is 10.5 Å². The van der Waals surface area contributed by atoms with Crippen molar-refractivity contribution in [3.05, 3.63) is 23.9 Å². The van der Waals surface area contributed by atoms with Crippen molar-refractivity contribution in [2.24, 2.45) is 11.7 Å². The molecule has 112 valence electrons. The van der Waals surface area contributed by atoms with E-state index in [2.05, 4.69) is 16.6 Å². The van der Waals surface area contributed by atoms with Crippen LogP contribution in [0.4, 0.5) is 8.78 Å². The van der Waals surface area contributed by atoms with Crippen LogP contribution in [0, 0.1) is 5.92 Å². The Kier molecular flexibility index (Phi) is 5.29. The van der Waals surface area contributed by atoms with Crippen molar-refractivity contribution >= 4 is 0 Å². The van der Waals surface area contributed by atoms with Gasteiger partial charge in [-0.2, -0.15) is 8.78 Å². The quantitative estimate of drug-likeness (QED) is 0.897. The molecule has 1 aliphatic rings. The van der Waals surface area contributed by atoms with Gasteiger partial charge in [-0.3, -0.25) is 0 Å². The Hall–Kier alpha value is -1.23. The standard InChI is InChI=1S/C15H22F2N2O/c1-2-13(18)11-5-3-10(4-6-11)12-7-8-19-14(9-12)20-15(16)17/h7-11,13,15H,2-6,18H2,1H3. The average molecular weight is 284 g/mol. The zero-order chi connectivity index (χ0) is 14.5. The van der Waals surface area contributed by atoms with Crippen LogP contribution in [0.1, 0.15) is 50.5 Å². The fraction of sp³-hybridized carbons (Fsp3) is 0.667. The van der Waals surface area contributed by atoms with Crippen LogP contribution in [0.25, 0.3) is 0 Å². The summed E-state index contributed by atoms with van der Waals surface area (Å²) in [6.45, 7) is -0.704. The van der Waals surface area contributed by atoms with Crippen LogP contribution in [0.15, 0.2) is 18.3 Å². The van der Waals surface area contributed by atoms with Crippen molar-refractivity contribution in [3.63, 3.8) is 0 Å². The molecule has 0 radical (unpaired) electrons. The molecule has 2 N–H and O–H groups in total. The Bertz CT molecular complexity index is 420. The lowest BCUT2D eigenvalue weighted by molar-refractivity contribution is -0.0529. The van der Waals surface area contributed by atoms with Crippen molar-refractivity contribution in [1.82, 2.24) is 4.98 Å². The SMILES string of the molecule is CCC(N)C1CCC(c2ccnc(OC(F)F)c2)CC1. The predicted molar refractivity (Wildman–Crippen MR) is 73.8 cm³/mol. The first-order chi connectivity index (χ1) is 9.60. The number of halogens is 2. The number of nitrogens with two attached hydrogens (primary N) is 1. The average Bonchev–Trinajstić information content (AvgIpc) is 2.46. The summed E-state index contributed by atoms with van der Waals surface area (Å²) < 4.78 is 28.8. The van der Waals surface area contributed by atoms with Crippen LogP contribution in [0.3, 0.4) is 0 Å². The second kappa shape index (κ2) is 6.97. The number of rotatable bonds is 5. The normalized spacial score (nSPS) is 24.6. The highest BCUT2D eigenvalue weighted by Gasteiger charge is 2.26. The van der Waals surface area contributed by atoms with Crippen molar-refractivity contribution < 1.29 is 13.5 Å². The highest BCUT2D eigenvalue weighted by molar-refractivity contribution is 5.24. The molecule has 5 heteroatoms. The van der Waals surface area contributed by atoms with Gasteiger partial charge in [-0.15, -0.1) is 0 Å². The van der Waals surface area contributed by atoms with Gasteiger partial charge in [-0.1, -0.05) is 6.92 Å². The number of ether oxygens (including phenoxy) is 1. The molecule has 1 aromatic heterocycles. The molecule has 0 aromatic carbocycles. The molecule has 20 heavy (non-hydrogen) atoms. The summed E-state index contributed by atoms with van der Waals surface area (Å²) in [5.74, 6) is 0.998. The zero-order valence-corrected chi connectivity index (χ0v) is 11.8. The summed E-state index contributed by atoms with van der Waals surface area (Å²) in [6, 6.07) is 3.81. The van der Waals surface area contributed by atoms with Gasteiger partial charge in [0.15, 0.2) is 0 Å². The molecular formula is C15H22F2N2O. The third kappa shape index (κ3) is 3.88. The minimum atomic E-state index is -2.82. The summed E-state index contributed by atoms with van der Waals surface area (Å²) in [5.41, 5.74) is 7.14. The topological polar surface area (TPSA) is 48.1 Å². The number of hydrogen-bond acceptors (Lipinski definition) is 3. The largest absolute Gasteiger partial charge is 0.417 e. The van der Waals surface area contributed by atoms with Gasteiger partial charge in [0.1, 0.15) is 0 Å². The summed E-state index contributed by atoms with van der Waals surface area (Å²) in [6.07, 6.45) is 6.86. The highest BCUT2D eigenvalue weighted by atomic mass is 19.3. The molecular weight excluding hydrogens is 262 g/mol. The van der Waals surface area contributed by atoms with Gasteiger partial charge in [0, 0.05) is 18.3 Å². The lowest BCUT2D eigenvalue weighted by Crippen LogP contribution is -2.32. The van der Waals surface area contributed by atoms with E-state index < -0.39 is 6.61 Å². The minimum absolute atomic E-state index is 0.00452. The molecule has 0 bridgehead atoms. The monoisotopic (exact) mass is 284 g/mol. The third-order valence-electron chi connectivity index (χ3n) is 4.29. The first kappa shape index (κ1) is 15.2. The Balaban J connectivity index is 1.96. The van der Waals surface area contributed by atoms with E-state index in [0.717, 1.165) is 37.7 Å². The van der Waals surface area contributed by atoms with E-state index >= 15 is 0 Å². The molecule has 2 rings (SSSR count). The molecule has 1 atom stereocenters. The second-order valence-electron chi connectivity index (χ2n) is 5.49. The van der Waals surface area contributed by atoms with Crippen LogP contribution in [-0.4, -0.2) is 17.6 Å². The van der Waals surface area contributed by atoms with E-state index in [0.29, 0.717) is 11.8 Å². The van der Waals surface area contributed by atoms with Gasteiger partial charge in [0.2, 0.25) is 5.88 Å². The zero-order valence-electron chi connectivity index (χ0n) is 11.8. The molecule has 1 aliphatic carbocycles. The van der Waals surface area contributed by atoms with E-state index in [-0.39, 0.29) is 11.9 Å². The first-order valence-corrected chi connectivity index (χ1v) is 7.26. The van der Waals surface area contributed by atoms with Crippen LogP contribution in [0.2, 0.25) is 0 Å². The molecule has 1 aromatic rings. The molecule has 0 saturated heterocycles. The van der Waals surface area contributed by atoms with Crippen molar-refractivity contribution in [2.75, 3.05) is 0 Å². The fourth-order valence-corrected chi connectivity index (χ4v) is 3.05. The van der Waals surface area contributed by atoms with Gasteiger partial charge >= 0.3 is 6.61 Å². The number of aromatic nitrogens is 1. The molecule has 0 aliphatic heterocycles. The number of alkyl halides is 2. The van der Waals surface area contributed by atoms with Crippen LogP contribution in [0.5, 0.6) is 5.88 Å². The Morgan fingerprint density at radius 1 is 1.35 bits per heavy atom. The number of pyridine rings is 1. The van der Waals surface area contributed by atoms with Crippen LogP contribution in [-0.2, 0) is 0 Å². The molecule has 0 spiro atoms. The molecule has 1 fully saturated rings. The van der Waals surface area contributed by atoms with Crippen LogP contribution < -0.4 is 10.5 Å². The van der Waals surface area contributed by atoms with Gasteiger partial charge in [0.25, 0.3) is 0 Å². The van der Waals surface area contributed by atoms with E-state index in [1.54, 1.807) is 6.07 Å². The molecule has 3 nitrogen and oxygen atoms in total. The summed E-state index contributed by atoms with van der Waals surface area (Å²) in [4.78, 5) is 3.81. The van der Waals surface area contributed by atoms with Crippen molar-refractivity contribution in [1.29, 1.82) is 0 Å². The number of hydrogen-bond donors (Lipinski definition) is 1. The van der Waals surface area contributed by atoms with Gasteiger partial charge in [-0.25, -0.2) is 4.98 Å². The summed E-state index contributed by atoms with van der Waals surface area (Å²) in [5, 5.41) is 0. The smallest absolute Gasteiger partial charge is 0.388 e. The first-order valence-electron chi connectivity index (χ1n) is 7.26. The molecule has 0 amide bonds. The molecule has 1 unspecified atom stereocenters. The van der Waals surface area contributed by atoms with E-state index in [1.165, 1.54) is 6.20 Å². The van der Waals surface area contributed by atoms with Crippen molar-refractivity contribution in [2.45, 2.75) is 57.6 Å². The second-order valence-corrected chi connectivity index (χ2v) is 5.49. The Morgan fingerprint density at radius 3 is 2.65 bits per heavy atom. The highest BCUT2D eigenvalue weighted by Crippen LogP contribution is 2.37. The van der Waals surface area contributed by atoms with Gasteiger partial charge in [-0.05, 0) is 55.6 Å². The van der Waals surface area contributed by atoms with E-state index in [1.807, 2.05) is 6.07 Å². The minimum Gasteiger partial charge on any atom is -0.417 e. The maximum atomic E-state index is 12.2. The maximum Gasteiger partial charge on any atom is 0.388 e. The van der Waals surface area contributed by atoms with Crippen LogP contribution >= 0.6 is 0 Å². The van der Waals surface area contributed by atoms with Crippen molar-refractivity contribution in [3.8, 4) is 5.88 Å². The van der Waals surface area contributed by atoms with E-state index in [9.17, 15) is 8.78 Å². The predicted octanol–water partition coefficient (Wildman–Crippen LogP) is 3.69. The lowest BCUT2D eigenvalue weighted by atomic mass is 9.76. The van der Waals surface area contributed by atoms with E-state index in [4.69, 9.17) is 5.73 Å². The number of nitrogens with zero attached hydrogens (tertiary/aromatic N) is 1.